The van der Waals surface area contributed by atoms with Crippen molar-refractivity contribution in [1.82, 2.24) is 5.32 Å². The van der Waals surface area contributed by atoms with E-state index < -0.39 is 55.0 Å². The van der Waals surface area contributed by atoms with Gasteiger partial charge in [-0.15, -0.1) is 0 Å². The molecule has 0 saturated heterocycles. The highest BCUT2D eigenvalue weighted by Gasteiger charge is 2.33. The Balaban J connectivity index is 0. The van der Waals surface area contributed by atoms with Crippen LogP contribution in [-0.4, -0.2) is 97.3 Å². The van der Waals surface area contributed by atoms with Crippen LogP contribution in [0.25, 0.3) is 0 Å². The lowest BCUT2D eigenvalue weighted by atomic mass is 10.0. The number of aliphatic hydroxyl groups excluding tert-OH is 5. The molecule has 0 aliphatic rings. The highest BCUT2D eigenvalue weighted by Crippen LogP contribution is 2.04. The van der Waals surface area contributed by atoms with Crippen LogP contribution in [0, 0.1) is 0 Å². The summed E-state index contributed by atoms with van der Waals surface area (Å²) in [6.07, 6.45) is -7.00. The van der Waals surface area contributed by atoms with Crippen molar-refractivity contribution in [3.05, 3.63) is 0 Å². The van der Waals surface area contributed by atoms with Crippen molar-refractivity contribution in [2.45, 2.75) is 43.3 Å². The molecule has 0 unspecified atom stereocenters. The topological polar surface area (TPSA) is 257 Å². The van der Waals surface area contributed by atoms with Crippen LogP contribution in [0.2, 0.25) is 0 Å². The van der Waals surface area contributed by atoms with E-state index in [2.05, 4.69) is 5.32 Å². The minimum Gasteiger partial charge on any atom is -0.480 e. The maximum Gasteiger partial charge on any atom is 0.335 e. The summed E-state index contributed by atoms with van der Waals surface area (Å²) in [4.78, 5) is 30.4. The molecule has 2 amide bonds. The Morgan fingerprint density at radius 2 is 1.48 bits per heavy atom. The van der Waals surface area contributed by atoms with E-state index >= 15 is 0 Å². The number of carboxylic acid groups (broad SMARTS) is 2. The number of carbonyl (C=O) groups excluding carboxylic acids is 1. The Morgan fingerprint density at radius 3 is 1.84 bits per heavy atom. The molecule has 0 fully saturated rings. The van der Waals surface area contributed by atoms with Gasteiger partial charge in [-0.2, -0.15) is 0 Å². The lowest BCUT2D eigenvalue weighted by Gasteiger charge is -2.23. The molecule has 12 N–H and O–H groups in total. The maximum absolute atomic E-state index is 10.2. The van der Waals surface area contributed by atoms with Gasteiger partial charge in [0.2, 0.25) is 0 Å². The van der Waals surface area contributed by atoms with Crippen LogP contribution >= 0.6 is 0 Å². The first-order chi connectivity index (χ1) is 11.4. The molecule has 0 heterocycles. The van der Waals surface area contributed by atoms with Gasteiger partial charge in [-0.1, -0.05) is 0 Å². The molecule has 13 nitrogen and oxygen atoms in total. The van der Waals surface area contributed by atoms with E-state index in [0.29, 0.717) is 19.4 Å². The lowest BCUT2D eigenvalue weighted by Crippen LogP contribution is -2.48. The molecule has 5 atom stereocenters. The van der Waals surface area contributed by atoms with Crippen molar-refractivity contribution in [2.24, 2.45) is 11.5 Å². The van der Waals surface area contributed by atoms with E-state index in [0.717, 1.165) is 0 Å². The number of primary amides is 1. The van der Waals surface area contributed by atoms with Crippen LogP contribution in [0.15, 0.2) is 0 Å². The summed E-state index contributed by atoms with van der Waals surface area (Å²) in [6.45, 7) is -0.485. The molecule has 13 heteroatoms. The van der Waals surface area contributed by atoms with Crippen molar-refractivity contribution < 1.29 is 50.1 Å². The van der Waals surface area contributed by atoms with Gasteiger partial charge in [-0.3, -0.25) is 4.79 Å². The highest BCUT2D eigenvalue weighted by molar-refractivity contribution is 5.73. The molecule has 0 aliphatic carbocycles. The zero-order valence-electron chi connectivity index (χ0n) is 13.2. The Morgan fingerprint density at radius 1 is 0.960 bits per heavy atom. The first kappa shape index (κ1) is 25.2. The average Bonchev–Trinajstić information content (AvgIpc) is 2.55. The summed E-state index contributed by atoms with van der Waals surface area (Å²) < 4.78 is 0. The summed E-state index contributed by atoms with van der Waals surface area (Å²) in [5.41, 5.74) is 9.96. The predicted octanol–water partition coefficient (Wildman–Crippen LogP) is -4.65. The first-order valence-electron chi connectivity index (χ1n) is 7.03. The van der Waals surface area contributed by atoms with Crippen LogP contribution in [0.3, 0.4) is 0 Å². The maximum atomic E-state index is 10.2. The zero-order chi connectivity index (χ0) is 20.2. The number of amides is 2. The van der Waals surface area contributed by atoms with Gasteiger partial charge in [-0.05, 0) is 12.8 Å². The molecular formula is C12H25N3O10. The molecule has 25 heavy (non-hydrogen) atoms. The average molecular weight is 371 g/mol. The van der Waals surface area contributed by atoms with Crippen molar-refractivity contribution in [3.8, 4) is 0 Å². The van der Waals surface area contributed by atoms with Gasteiger partial charge in [0.05, 0.1) is 6.61 Å². The van der Waals surface area contributed by atoms with E-state index in [1.54, 1.807) is 0 Å². The second-order valence-electron chi connectivity index (χ2n) is 4.89. The summed E-state index contributed by atoms with van der Waals surface area (Å²) in [5.74, 6) is -2.76. The first-order valence-corrected chi connectivity index (χ1v) is 7.03. The van der Waals surface area contributed by atoms with Crippen LogP contribution in [-0.2, 0) is 9.59 Å². The molecule has 0 radical (unpaired) electrons. The second-order valence-corrected chi connectivity index (χ2v) is 4.89. The van der Waals surface area contributed by atoms with Crippen molar-refractivity contribution in [2.75, 3.05) is 13.2 Å². The Kier molecular flexibility index (Phi) is 13.4. The van der Waals surface area contributed by atoms with Gasteiger partial charge in [-0.25, -0.2) is 9.59 Å². The minimum atomic E-state index is -2.20. The highest BCUT2D eigenvalue weighted by atomic mass is 16.4. The number of hydrogen-bond donors (Lipinski definition) is 10. The number of urea groups is 1. The van der Waals surface area contributed by atoms with Gasteiger partial charge < -0.3 is 52.5 Å². The fraction of sp³-hybridized carbons (Fsp3) is 0.750. The van der Waals surface area contributed by atoms with Gasteiger partial charge in [0.15, 0.2) is 6.10 Å². The largest absolute Gasteiger partial charge is 0.480 e. The van der Waals surface area contributed by atoms with Crippen molar-refractivity contribution >= 4 is 18.0 Å². The minimum absolute atomic E-state index is 0.329. The Hall–Kier alpha value is -2.03. The smallest absolute Gasteiger partial charge is 0.335 e. The number of carbonyl (C=O) groups is 3. The monoisotopic (exact) mass is 371 g/mol. The van der Waals surface area contributed by atoms with E-state index in [4.69, 9.17) is 47.2 Å². The van der Waals surface area contributed by atoms with Crippen LogP contribution in [0.4, 0.5) is 4.79 Å². The summed E-state index contributed by atoms with van der Waals surface area (Å²) in [5, 5.41) is 62.5. The number of aliphatic carboxylic acids is 2. The van der Waals surface area contributed by atoms with Crippen LogP contribution in [0.5, 0.6) is 0 Å². The summed E-state index contributed by atoms with van der Waals surface area (Å²) >= 11 is 0. The molecule has 0 saturated carbocycles. The van der Waals surface area contributed by atoms with E-state index in [-0.39, 0.29) is 0 Å². The number of nitrogens with two attached hydrogens (primary N) is 2. The fourth-order valence-electron chi connectivity index (χ4n) is 1.33. The number of aliphatic hydroxyl groups is 5. The number of carboxylic acids is 2. The third kappa shape index (κ3) is 12.0. The summed E-state index contributed by atoms with van der Waals surface area (Å²) in [7, 11) is 0. The van der Waals surface area contributed by atoms with Gasteiger partial charge in [0.1, 0.15) is 24.4 Å². The second kappa shape index (κ2) is 13.3. The van der Waals surface area contributed by atoms with E-state index in [1.165, 1.54) is 0 Å². The third-order valence-electron chi connectivity index (χ3n) is 2.82. The third-order valence-corrected chi connectivity index (χ3v) is 2.82. The number of hydrogen-bond acceptors (Lipinski definition) is 9. The van der Waals surface area contributed by atoms with Gasteiger partial charge in [0, 0.05) is 6.54 Å². The number of nitrogens with one attached hydrogen (secondary N) is 1. The van der Waals surface area contributed by atoms with Gasteiger partial charge in [0.25, 0.3) is 0 Å². The molecule has 0 spiro atoms. The molecule has 0 aliphatic heterocycles. The molecule has 0 rings (SSSR count). The molecule has 0 aromatic heterocycles. The predicted molar refractivity (Wildman–Crippen MR) is 81.2 cm³/mol. The molecule has 148 valence electrons. The van der Waals surface area contributed by atoms with Crippen molar-refractivity contribution in [3.63, 3.8) is 0 Å². The SMILES string of the molecule is NC(=O)NCCC[C@H](N)C(=O)O.O=C(O)[C@H](O)[C@@H](O)[C@H](O)[C@H](O)CO. The lowest BCUT2D eigenvalue weighted by molar-refractivity contribution is -0.164. The Bertz CT molecular complexity index is 422. The molecular weight excluding hydrogens is 346 g/mol. The van der Waals surface area contributed by atoms with Crippen molar-refractivity contribution in [1.29, 1.82) is 0 Å². The Labute approximate surface area is 142 Å². The fourth-order valence-corrected chi connectivity index (χ4v) is 1.33. The zero-order valence-corrected chi connectivity index (χ0v) is 13.2. The molecule has 0 aromatic rings. The quantitative estimate of drug-likeness (QED) is 0.163. The standard InChI is InChI=1S/C6H13N3O3.C6H12O7/c7-4(5(10)11)2-1-3-9-6(8)12;7-1-2(8)3(9)4(10)5(11)6(12)13/h4H,1-3,7H2,(H,10,11)(H3,8,9,12);2-5,7-11H,1H2,(H,12,13)/t4-;2-,3-,4+,5-/m01/s1. The van der Waals surface area contributed by atoms with Gasteiger partial charge >= 0.3 is 18.0 Å². The normalized spacial score (nSPS) is 16.4. The molecule has 0 bridgehead atoms. The van der Waals surface area contributed by atoms with E-state index in [1.807, 2.05) is 0 Å². The molecule has 0 aromatic carbocycles. The van der Waals surface area contributed by atoms with Crippen LogP contribution < -0.4 is 16.8 Å². The summed E-state index contributed by atoms with van der Waals surface area (Å²) in [6, 6.07) is -1.47. The van der Waals surface area contributed by atoms with E-state index in [9.17, 15) is 14.4 Å². The number of rotatable bonds is 10. The van der Waals surface area contributed by atoms with Crippen LogP contribution in [0.1, 0.15) is 12.8 Å².